The second kappa shape index (κ2) is 8.93. The van der Waals surface area contributed by atoms with Crippen LogP contribution in [0.15, 0.2) is 42.7 Å². The third-order valence-electron chi connectivity index (χ3n) is 4.15. The predicted octanol–water partition coefficient (Wildman–Crippen LogP) is 1.60. The van der Waals surface area contributed by atoms with Gasteiger partial charge in [-0.1, -0.05) is 12.1 Å². The number of nitrogens with one attached hydrogen (secondary N) is 2. The Morgan fingerprint density at radius 1 is 1.19 bits per heavy atom. The smallest absolute Gasteiger partial charge is 0.252 e. The van der Waals surface area contributed by atoms with E-state index in [0.717, 1.165) is 23.0 Å². The summed E-state index contributed by atoms with van der Waals surface area (Å²) in [7, 11) is 0. The molecule has 0 aliphatic carbocycles. The van der Waals surface area contributed by atoms with E-state index in [1.165, 1.54) is 0 Å². The molecule has 0 bridgehead atoms. The molecule has 26 heavy (non-hydrogen) atoms. The van der Waals surface area contributed by atoms with E-state index in [-0.39, 0.29) is 24.4 Å². The van der Waals surface area contributed by atoms with Gasteiger partial charge in [0.15, 0.2) is 0 Å². The fourth-order valence-electron chi connectivity index (χ4n) is 2.91. The highest BCUT2D eigenvalue weighted by atomic mass is 127. The molecule has 0 spiro atoms. The van der Waals surface area contributed by atoms with Crippen LogP contribution in [0.4, 0.5) is 5.95 Å². The van der Waals surface area contributed by atoms with E-state index < -0.39 is 0 Å². The molecule has 1 fully saturated rings. The summed E-state index contributed by atoms with van der Waals surface area (Å²) in [4.78, 5) is 35.0. The SMILES string of the molecule is O=C(CNC(=O)c1ccccc1I)NC1CCCN(c2ncccn2)C1. The molecule has 0 radical (unpaired) electrons. The van der Waals surface area contributed by atoms with Crippen molar-refractivity contribution in [1.82, 2.24) is 20.6 Å². The molecule has 1 aliphatic rings. The van der Waals surface area contributed by atoms with Crippen molar-refractivity contribution in [3.63, 3.8) is 0 Å². The summed E-state index contributed by atoms with van der Waals surface area (Å²) in [6.45, 7) is 1.50. The number of hydrogen-bond acceptors (Lipinski definition) is 5. The van der Waals surface area contributed by atoms with E-state index in [0.29, 0.717) is 18.1 Å². The first-order chi connectivity index (χ1) is 12.6. The molecule has 2 heterocycles. The maximum absolute atomic E-state index is 12.2. The zero-order chi connectivity index (χ0) is 18.4. The van der Waals surface area contributed by atoms with Crippen molar-refractivity contribution in [3.05, 3.63) is 51.9 Å². The molecule has 1 aromatic heterocycles. The van der Waals surface area contributed by atoms with E-state index in [9.17, 15) is 9.59 Å². The van der Waals surface area contributed by atoms with Crippen LogP contribution < -0.4 is 15.5 Å². The van der Waals surface area contributed by atoms with Crippen molar-refractivity contribution in [2.75, 3.05) is 24.5 Å². The van der Waals surface area contributed by atoms with Gasteiger partial charge in [-0.15, -0.1) is 0 Å². The van der Waals surface area contributed by atoms with Crippen molar-refractivity contribution in [2.24, 2.45) is 0 Å². The number of hydrogen-bond donors (Lipinski definition) is 2. The number of piperidine rings is 1. The van der Waals surface area contributed by atoms with Gasteiger partial charge in [-0.25, -0.2) is 9.97 Å². The van der Waals surface area contributed by atoms with Crippen LogP contribution in [0.1, 0.15) is 23.2 Å². The lowest BCUT2D eigenvalue weighted by atomic mass is 10.1. The first kappa shape index (κ1) is 18.6. The largest absolute Gasteiger partial charge is 0.350 e. The number of carbonyl (C=O) groups excluding carboxylic acids is 2. The van der Waals surface area contributed by atoms with Crippen molar-refractivity contribution in [3.8, 4) is 0 Å². The Hall–Kier alpha value is -2.23. The maximum Gasteiger partial charge on any atom is 0.252 e. The number of benzene rings is 1. The number of aromatic nitrogens is 2. The van der Waals surface area contributed by atoms with Gasteiger partial charge in [0.25, 0.3) is 5.91 Å². The number of nitrogens with zero attached hydrogens (tertiary/aromatic N) is 3. The second-order valence-electron chi connectivity index (χ2n) is 6.06. The first-order valence-corrected chi connectivity index (χ1v) is 9.55. The van der Waals surface area contributed by atoms with E-state index in [2.05, 4.69) is 48.1 Å². The third kappa shape index (κ3) is 4.90. The predicted molar refractivity (Wildman–Crippen MR) is 107 cm³/mol. The van der Waals surface area contributed by atoms with Gasteiger partial charge in [-0.2, -0.15) is 0 Å². The highest BCUT2D eigenvalue weighted by Gasteiger charge is 2.23. The standard InChI is InChI=1S/C18H20IN5O2/c19-15-7-2-1-6-14(15)17(26)22-11-16(25)23-13-5-3-10-24(12-13)18-20-8-4-9-21-18/h1-2,4,6-9,13H,3,5,10-12H2,(H,22,26)(H,23,25). The van der Waals surface area contributed by atoms with Gasteiger partial charge in [-0.05, 0) is 53.6 Å². The zero-order valence-electron chi connectivity index (χ0n) is 14.2. The number of rotatable bonds is 5. The Morgan fingerprint density at radius 3 is 2.73 bits per heavy atom. The molecule has 8 heteroatoms. The van der Waals surface area contributed by atoms with Crippen molar-refractivity contribution >= 4 is 40.4 Å². The van der Waals surface area contributed by atoms with E-state index in [4.69, 9.17) is 0 Å². The lowest BCUT2D eigenvalue weighted by Crippen LogP contribution is -2.50. The summed E-state index contributed by atoms with van der Waals surface area (Å²) in [6, 6.07) is 9.08. The van der Waals surface area contributed by atoms with E-state index in [1.807, 2.05) is 12.1 Å². The quantitative estimate of drug-likeness (QED) is 0.656. The molecule has 2 aromatic rings. The topological polar surface area (TPSA) is 87.2 Å². The fraction of sp³-hybridized carbons (Fsp3) is 0.333. The number of amides is 2. The molecule has 136 valence electrons. The van der Waals surface area contributed by atoms with Gasteiger partial charge in [0, 0.05) is 35.1 Å². The molecule has 1 aromatic carbocycles. The summed E-state index contributed by atoms with van der Waals surface area (Å²) in [5, 5.41) is 5.67. The van der Waals surface area contributed by atoms with E-state index in [1.54, 1.807) is 30.6 Å². The molecule has 2 N–H and O–H groups in total. The lowest BCUT2D eigenvalue weighted by molar-refractivity contribution is -0.120. The molecule has 1 atom stereocenters. The molecular formula is C18H20IN5O2. The van der Waals surface area contributed by atoms with Crippen LogP contribution in [0, 0.1) is 3.57 Å². The fourth-order valence-corrected chi connectivity index (χ4v) is 3.54. The Morgan fingerprint density at radius 2 is 1.96 bits per heavy atom. The number of anilines is 1. The summed E-state index contributed by atoms with van der Waals surface area (Å²) in [5.74, 6) is 0.247. The Bertz CT molecular complexity index is 771. The molecular weight excluding hydrogens is 445 g/mol. The van der Waals surface area contributed by atoms with E-state index >= 15 is 0 Å². The van der Waals surface area contributed by atoms with Crippen LogP contribution in [0.2, 0.25) is 0 Å². The molecule has 7 nitrogen and oxygen atoms in total. The van der Waals surface area contributed by atoms with Gasteiger partial charge < -0.3 is 15.5 Å². The van der Waals surface area contributed by atoms with Gasteiger partial charge in [0.1, 0.15) is 0 Å². The average Bonchev–Trinajstić information content (AvgIpc) is 2.67. The van der Waals surface area contributed by atoms with Crippen molar-refractivity contribution < 1.29 is 9.59 Å². The average molecular weight is 465 g/mol. The van der Waals surface area contributed by atoms with Gasteiger partial charge >= 0.3 is 0 Å². The number of carbonyl (C=O) groups is 2. The highest BCUT2D eigenvalue weighted by Crippen LogP contribution is 2.15. The highest BCUT2D eigenvalue weighted by molar-refractivity contribution is 14.1. The van der Waals surface area contributed by atoms with Gasteiger partial charge in [0.05, 0.1) is 12.1 Å². The summed E-state index contributed by atoms with van der Waals surface area (Å²) in [5.41, 5.74) is 0.575. The minimum absolute atomic E-state index is 0.0221. The van der Waals surface area contributed by atoms with Crippen LogP contribution in [0.25, 0.3) is 0 Å². The molecule has 1 unspecified atom stereocenters. The second-order valence-corrected chi connectivity index (χ2v) is 7.23. The molecule has 1 saturated heterocycles. The van der Waals surface area contributed by atoms with Crippen LogP contribution in [-0.4, -0.2) is 47.5 Å². The minimum Gasteiger partial charge on any atom is -0.350 e. The summed E-state index contributed by atoms with van der Waals surface area (Å²) < 4.78 is 0.855. The molecule has 3 rings (SSSR count). The van der Waals surface area contributed by atoms with Crippen molar-refractivity contribution in [1.29, 1.82) is 0 Å². The Labute approximate surface area is 165 Å². The molecule has 0 saturated carbocycles. The van der Waals surface area contributed by atoms with Gasteiger partial charge in [-0.3, -0.25) is 9.59 Å². The molecule has 1 aliphatic heterocycles. The third-order valence-corrected chi connectivity index (χ3v) is 5.09. The maximum atomic E-state index is 12.2. The summed E-state index contributed by atoms with van der Waals surface area (Å²) in [6.07, 6.45) is 5.29. The van der Waals surface area contributed by atoms with Crippen LogP contribution in [0.5, 0.6) is 0 Å². The first-order valence-electron chi connectivity index (χ1n) is 8.47. The van der Waals surface area contributed by atoms with Crippen LogP contribution in [-0.2, 0) is 4.79 Å². The lowest BCUT2D eigenvalue weighted by Gasteiger charge is -2.33. The zero-order valence-corrected chi connectivity index (χ0v) is 16.3. The van der Waals surface area contributed by atoms with Crippen LogP contribution >= 0.6 is 22.6 Å². The minimum atomic E-state index is -0.242. The van der Waals surface area contributed by atoms with Crippen molar-refractivity contribution in [2.45, 2.75) is 18.9 Å². The monoisotopic (exact) mass is 465 g/mol. The van der Waals surface area contributed by atoms with Crippen LogP contribution in [0.3, 0.4) is 0 Å². The Kier molecular flexibility index (Phi) is 6.37. The molecule has 2 amide bonds. The Balaban J connectivity index is 1.49. The summed E-state index contributed by atoms with van der Waals surface area (Å²) >= 11 is 2.11. The number of halogens is 1. The van der Waals surface area contributed by atoms with Gasteiger partial charge in [0.2, 0.25) is 11.9 Å². The normalized spacial score (nSPS) is 16.8.